The van der Waals surface area contributed by atoms with Crippen molar-refractivity contribution in [3.8, 4) is 5.75 Å². The molecule has 20 heavy (non-hydrogen) atoms. The molecule has 7 nitrogen and oxygen atoms in total. The number of aromatic nitrogens is 2. The molecule has 0 saturated carbocycles. The van der Waals surface area contributed by atoms with Gasteiger partial charge in [0.05, 0.1) is 30.1 Å². The zero-order valence-corrected chi connectivity index (χ0v) is 11.2. The molecule has 0 aliphatic heterocycles. The van der Waals surface area contributed by atoms with Crippen LogP contribution in [0.3, 0.4) is 0 Å². The lowest BCUT2D eigenvalue weighted by Crippen LogP contribution is -2.03. The molecule has 1 heterocycles. The van der Waals surface area contributed by atoms with Crippen LogP contribution >= 0.6 is 0 Å². The highest BCUT2D eigenvalue weighted by atomic mass is 16.6. The molecule has 0 aliphatic carbocycles. The van der Waals surface area contributed by atoms with Gasteiger partial charge in [0.15, 0.2) is 0 Å². The van der Waals surface area contributed by atoms with E-state index in [0.717, 1.165) is 11.3 Å². The molecule has 7 heteroatoms. The van der Waals surface area contributed by atoms with Gasteiger partial charge in [0.2, 0.25) is 0 Å². The van der Waals surface area contributed by atoms with Crippen LogP contribution in [0.5, 0.6) is 5.75 Å². The monoisotopic (exact) mass is 276 g/mol. The van der Waals surface area contributed by atoms with E-state index in [0.29, 0.717) is 25.3 Å². The highest BCUT2D eigenvalue weighted by molar-refractivity contribution is 5.42. The van der Waals surface area contributed by atoms with Gasteiger partial charge >= 0.3 is 0 Å². The van der Waals surface area contributed by atoms with Gasteiger partial charge in [-0.1, -0.05) is 0 Å². The maximum Gasteiger partial charge on any atom is 0.273 e. The van der Waals surface area contributed by atoms with Crippen LogP contribution in [0.4, 0.5) is 5.69 Å². The predicted molar refractivity (Wildman–Crippen MR) is 73.7 cm³/mol. The highest BCUT2D eigenvalue weighted by Gasteiger charge is 2.10. The summed E-state index contributed by atoms with van der Waals surface area (Å²) < 4.78 is 6.95. The number of nitro groups is 1. The molecule has 0 spiro atoms. The Kier molecular flexibility index (Phi) is 4.31. The number of ether oxygens (including phenoxy) is 1. The molecule has 0 aliphatic rings. The van der Waals surface area contributed by atoms with Crippen molar-refractivity contribution in [2.75, 3.05) is 13.7 Å². The van der Waals surface area contributed by atoms with Crippen LogP contribution in [0.1, 0.15) is 11.3 Å². The van der Waals surface area contributed by atoms with Crippen LogP contribution in [0, 0.1) is 10.1 Å². The molecule has 2 rings (SSSR count). The van der Waals surface area contributed by atoms with Crippen LogP contribution < -0.4 is 10.5 Å². The SMILES string of the molecule is COc1cc(Cn2cnc(CCN)c2)cc([N+](=O)[O-])c1. The lowest BCUT2D eigenvalue weighted by atomic mass is 10.2. The summed E-state index contributed by atoms with van der Waals surface area (Å²) in [6.45, 7) is 1.04. The summed E-state index contributed by atoms with van der Waals surface area (Å²) in [6.07, 6.45) is 4.29. The second-order valence-corrected chi connectivity index (χ2v) is 4.37. The summed E-state index contributed by atoms with van der Waals surface area (Å²) in [4.78, 5) is 14.7. The van der Waals surface area contributed by atoms with E-state index in [1.165, 1.54) is 19.2 Å². The number of hydrogen-bond donors (Lipinski definition) is 1. The van der Waals surface area contributed by atoms with Crippen molar-refractivity contribution in [3.63, 3.8) is 0 Å². The number of methoxy groups -OCH3 is 1. The molecule has 0 radical (unpaired) electrons. The summed E-state index contributed by atoms with van der Waals surface area (Å²) >= 11 is 0. The summed E-state index contributed by atoms with van der Waals surface area (Å²) in [6, 6.07) is 4.71. The van der Waals surface area contributed by atoms with E-state index in [-0.39, 0.29) is 5.69 Å². The Morgan fingerprint density at radius 2 is 2.25 bits per heavy atom. The summed E-state index contributed by atoms with van der Waals surface area (Å²) in [5, 5.41) is 10.9. The fraction of sp³-hybridized carbons (Fsp3) is 0.308. The molecule has 1 aromatic carbocycles. The van der Waals surface area contributed by atoms with Crippen LogP contribution in [-0.2, 0) is 13.0 Å². The highest BCUT2D eigenvalue weighted by Crippen LogP contribution is 2.23. The summed E-state index contributed by atoms with van der Waals surface area (Å²) in [7, 11) is 1.49. The van der Waals surface area contributed by atoms with Gasteiger partial charge in [0.25, 0.3) is 5.69 Å². The van der Waals surface area contributed by atoms with Gasteiger partial charge in [-0.2, -0.15) is 0 Å². The molecule has 0 saturated heterocycles. The van der Waals surface area contributed by atoms with Gasteiger partial charge in [-0.3, -0.25) is 10.1 Å². The number of imidazole rings is 1. The van der Waals surface area contributed by atoms with E-state index in [2.05, 4.69) is 4.98 Å². The lowest BCUT2D eigenvalue weighted by Gasteiger charge is -2.06. The topological polar surface area (TPSA) is 96.2 Å². The van der Waals surface area contributed by atoms with Crippen molar-refractivity contribution in [3.05, 3.63) is 52.1 Å². The van der Waals surface area contributed by atoms with Crippen molar-refractivity contribution in [2.24, 2.45) is 5.73 Å². The number of nitrogens with two attached hydrogens (primary N) is 1. The minimum absolute atomic E-state index is 0.0154. The van der Waals surface area contributed by atoms with Gasteiger partial charge in [-0.15, -0.1) is 0 Å². The van der Waals surface area contributed by atoms with Crippen molar-refractivity contribution in [1.29, 1.82) is 0 Å². The Balaban J connectivity index is 2.22. The first-order valence-electron chi connectivity index (χ1n) is 6.15. The van der Waals surface area contributed by atoms with Crippen LogP contribution in [0.15, 0.2) is 30.7 Å². The number of rotatable bonds is 6. The summed E-state index contributed by atoms with van der Waals surface area (Å²) in [5.74, 6) is 0.469. The Morgan fingerprint density at radius 1 is 1.45 bits per heavy atom. The average Bonchev–Trinajstić information content (AvgIpc) is 2.86. The average molecular weight is 276 g/mol. The zero-order chi connectivity index (χ0) is 14.5. The number of benzene rings is 1. The number of nitrogens with zero attached hydrogens (tertiary/aromatic N) is 3. The van der Waals surface area contributed by atoms with Crippen LogP contribution in [-0.4, -0.2) is 28.1 Å². The van der Waals surface area contributed by atoms with Gasteiger partial charge < -0.3 is 15.0 Å². The zero-order valence-electron chi connectivity index (χ0n) is 11.2. The van der Waals surface area contributed by atoms with Crippen LogP contribution in [0.2, 0.25) is 0 Å². The van der Waals surface area contributed by atoms with Crippen molar-refractivity contribution in [1.82, 2.24) is 9.55 Å². The molecule has 0 fully saturated rings. The standard InChI is InChI=1S/C13H16N4O3/c1-20-13-5-10(4-12(6-13)17(18)19)7-16-8-11(2-3-14)15-9-16/h4-6,8-9H,2-3,7,14H2,1H3. The second-order valence-electron chi connectivity index (χ2n) is 4.37. The maximum absolute atomic E-state index is 10.9. The number of non-ortho nitro benzene ring substituents is 1. The Hall–Kier alpha value is -2.41. The van der Waals surface area contributed by atoms with Crippen LogP contribution in [0.25, 0.3) is 0 Å². The quantitative estimate of drug-likeness (QED) is 0.634. The van der Waals surface area contributed by atoms with Crippen molar-refractivity contribution in [2.45, 2.75) is 13.0 Å². The largest absolute Gasteiger partial charge is 0.496 e. The number of hydrogen-bond acceptors (Lipinski definition) is 5. The molecular formula is C13H16N4O3. The maximum atomic E-state index is 10.9. The van der Waals surface area contributed by atoms with E-state index >= 15 is 0 Å². The summed E-state index contributed by atoms with van der Waals surface area (Å²) in [5.41, 5.74) is 7.18. The third-order valence-corrected chi connectivity index (χ3v) is 2.85. The van der Waals surface area contributed by atoms with E-state index in [1.54, 1.807) is 12.4 Å². The predicted octanol–water partition coefficient (Wildman–Crippen LogP) is 1.35. The molecule has 2 N–H and O–H groups in total. The molecule has 1 aromatic heterocycles. The second kappa shape index (κ2) is 6.16. The molecule has 106 valence electrons. The minimum Gasteiger partial charge on any atom is -0.496 e. The molecule has 0 amide bonds. The Morgan fingerprint density at radius 3 is 2.90 bits per heavy atom. The molecule has 0 atom stereocenters. The smallest absolute Gasteiger partial charge is 0.273 e. The minimum atomic E-state index is -0.431. The fourth-order valence-electron chi connectivity index (χ4n) is 1.94. The van der Waals surface area contributed by atoms with Crippen molar-refractivity contribution >= 4 is 5.69 Å². The normalized spacial score (nSPS) is 10.5. The molecule has 0 unspecified atom stereocenters. The van der Waals surface area contributed by atoms with Crippen molar-refractivity contribution < 1.29 is 9.66 Å². The van der Waals surface area contributed by atoms with E-state index in [9.17, 15) is 10.1 Å². The molecule has 0 bridgehead atoms. The third-order valence-electron chi connectivity index (χ3n) is 2.85. The molecular weight excluding hydrogens is 260 g/mol. The first kappa shape index (κ1) is 14.0. The first-order chi connectivity index (χ1) is 9.62. The fourth-order valence-corrected chi connectivity index (χ4v) is 1.94. The van der Waals surface area contributed by atoms with Gasteiger partial charge in [-0.05, 0) is 18.2 Å². The third kappa shape index (κ3) is 3.33. The first-order valence-corrected chi connectivity index (χ1v) is 6.15. The molecule has 2 aromatic rings. The van der Waals surface area contributed by atoms with E-state index in [1.807, 2.05) is 10.8 Å². The Bertz CT molecular complexity index is 609. The Labute approximate surface area is 116 Å². The van der Waals surface area contributed by atoms with Gasteiger partial charge in [-0.25, -0.2) is 4.98 Å². The van der Waals surface area contributed by atoms with E-state index < -0.39 is 4.92 Å². The lowest BCUT2D eigenvalue weighted by molar-refractivity contribution is -0.385. The van der Waals surface area contributed by atoms with Gasteiger partial charge in [0.1, 0.15) is 5.75 Å². The van der Waals surface area contributed by atoms with Gasteiger partial charge in [0, 0.05) is 25.2 Å². The number of nitro benzene ring substituents is 1. The van der Waals surface area contributed by atoms with E-state index in [4.69, 9.17) is 10.5 Å².